The van der Waals surface area contributed by atoms with Crippen molar-refractivity contribution in [2.75, 3.05) is 18.5 Å². The minimum absolute atomic E-state index is 0.0123. The molecule has 0 unspecified atom stereocenters. The highest BCUT2D eigenvalue weighted by Crippen LogP contribution is 2.37. The van der Waals surface area contributed by atoms with E-state index in [1.807, 2.05) is 24.5 Å². The lowest BCUT2D eigenvalue weighted by molar-refractivity contribution is 0.268. The van der Waals surface area contributed by atoms with Crippen LogP contribution in [0.4, 0.5) is 10.2 Å². The summed E-state index contributed by atoms with van der Waals surface area (Å²) < 4.78 is 21.8. The third kappa shape index (κ3) is 4.74. The average molecular weight is 547 g/mol. The fourth-order valence-corrected chi connectivity index (χ4v) is 4.87. The summed E-state index contributed by atoms with van der Waals surface area (Å²) in [5.41, 5.74) is 3.66. The minimum atomic E-state index is -0.552. The molecule has 0 spiro atoms. The van der Waals surface area contributed by atoms with Crippen LogP contribution >= 0.6 is 0 Å². The molecule has 0 saturated carbocycles. The second-order valence-electron chi connectivity index (χ2n) is 10.3. The van der Waals surface area contributed by atoms with Gasteiger partial charge in [0.1, 0.15) is 24.2 Å². The van der Waals surface area contributed by atoms with Crippen molar-refractivity contribution in [2.24, 2.45) is 0 Å². The van der Waals surface area contributed by atoms with E-state index in [9.17, 15) is 20.0 Å². The largest absolute Gasteiger partial charge is 0.507 e. The summed E-state index contributed by atoms with van der Waals surface area (Å²) in [4.78, 5) is 18.3. The number of hydrogen-bond acceptors (Lipinski definition) is 9. The van der Waals surface area contributed by atoms with Crippen molar-refractivity contribution in [3.63, 3.8) is 0 Å². The number of aromatic hydroxyl groups is 1. The molecular formula is C30H23FN8O2. The number of hydrogen-bond donors (Lipinski definition) is 2. The molecule has 202 valence electrons. The van der Waals surface area contributed by atoms with Gasteiger partial charge in [0, 0.05) is 30.1 Å². The van der Waals surface area contributed by atoms with E-state index >= 15 is 0 Å². The number of imidazole rings is 1. The summed E-state index contributed by atoms with van der Waals surface area (Å²) in [6, 6.07) is 15.3. The number of nitrogens with one attached hydrogen (secondary N) is 1. The van der Waals surface area contributed by atoms with Gasteiger partial charge in [-0.3, -0.25) is 9.55 Å². The highest BCUT2D eigenvalue weighted by atomic mass is 19.1. The number of halogens is 1. The number of ether oxygens (including phenoxy) is 1. The maximum atomic E-state index is 14.1. The van der Waals surface area contributed by atoms with Crippen LogP contribution in [0.1, 0.15) is 30.5 Å². The summed E-state index contributed by atoms with van der Waals surface area (Å²) in [7, 11) is 0. The SMILES string of the molecule is CC1(C)COc2nc3c(NCCc4ccc(O)c(-c5cc(F)cc(C#N)c5)c4)nc(-c4cncc(C#N)c4)nc3n21. The predicted molar refractivity (Wildman–Crippen MR) is 148 cm³/mol. The molecule has 0 bridgehead atoms. The van der Waals surface area contributed by atoms with Crippen molar-refractivity contribution in [1.82, 2.24) is 24.5 Å². The van der Waals surface area contributed by atoms with Crippen LogP contribution in [-0.2, 0) is 12.0 Å². The first-order chi connectivity index (χ1) is 19.8. The maximum Gasteiger partial charge on any atom is 0.299 e. The molecule has 10 nitrogen and oxygen atoms in total. The van der Waals surface area contributed by atoms with Gasteiger partial charge in [-0.05, 0) is 67.8 Å². The molecule has 41 heavy (non-hydrogen) atoms. The van der Waals surface area contributed by atoms with Crippen molar-refractivity contribution in [2.45, 2.75) is 25.8 Å². The number of pyridine rings is 1. The molecule has 0 saturated heterocycles. The van der Waals surface area contributed by atoms with Crippen LogP contribution in [0, 0.1) is 28.5 Å². The van der Waals surface area contributed by atoms with Crippen LogP contribution in [0.15, 0.2) is 54.9 Å². The Bertz CT molecular complexity index is 1920. The second kappa shape index (κ2) is 9.88. The number of aromatic nitrogens is 5. The Hall–Kier alpha value is -5.55. The topological polar surface area (TPSA) is 146 Å². The highest BCUT2D eigenvalue weighted by molar-refractivity contribution is 5.86. The lowest BCUT2D eigenvalue weighted by Crippen LogP contribution is -2.25. The monoisotopic (exact) mass is 546 g/mol. The minimum Gasteiger partial charge on any atom is -0.507 e. The standard InChI is InChI=1S/C30H23FN8O2/c1-30(2)16-41-29-36-25-27(37-26(38-28(25)39(29)30)21-8-19(13-33)14-34-15-21)35-6-5-17-3-4-24(40)23(10-17)20-7-18(12-32)9-22(31)11-20/h3-4,7-11,14-15,40H,5-6,16H2,1-2H3,(H,35,37,38). The normalized spacial score (nSPS) is 13.3. The number of fused-ring (bicyclic) bond motifs is 3. The fraction of sp³-hybridized carbons (Fsp3) is 0.200. The van der Waals surface area contributed by atoms with E-state index in [-0.39, 0.29) is 16.9 Å². The van der Waals surface area contributed by atoms with Gasteiger partial charge >= 0.3 is 0 Å². The molecule has 2 aromatic carbocycles. The Morgan fingerprint density at radius 3 is 2.63 bits per heavy atom. The molecule has 0 fully saturated rings. The maximum absolute atomic E-state index is 14.1. The summed E-state index contributed by atoms with van der Waals surface area (Å²) in [5, 5.41) is 32.4. The van der Waals surface area contributed by atoms with Crippen LogP contribution in [0.2, 0.25) is 0 Å². The van der Waals surface area contributed by atoms with Gasteiger partial charge in [0.15, 0.2) is 22.8 Å². The van der Waals surface area contributed by atoms with Crippen LogP contribution in [0.3, 0.4) is 0 Å². The van der Waals surface area contributed by atoms with E-state index in [4.69, 9.17) is 14.7 Å². The van der Waals surface area contributed by atoms with Gasteiger partial charge in [-0.25, -0.2) is 14.4 Å². The summed E-state index contributed by atoms with van der Waals surface area (Å²) >= 11 is 0. The molecule has 11 heteroatoms. The van der Waals surface area contributed by atoms with E-state index in [1.54, 1.807) is 30.5 Å². The first kappa shape index (κ1) is 25.7. The molecule has 6 rings (SSSR count). The van der Waals surface area contributed by atoms with E-state index in [1.165, 1.54) is 18.3 Å². The Kier molecular flexibility index (Phi) is 6.20. The predicted octanol–water partition coefficient (Wildman–Crippen LogP) is 4.93. The highest BCUT2D eigenvalue weighted by Gasteiger charge is 2.36. The first-order valence-corrected chi connectivity index (χ1v) is 12.8. The van der Waals surface area contributed by atoms with Gasteiger partial charge in [-0.1, -0.05) is 6.07 Å². The molecule has 3 aromatic heterocycles. The number of nitriles is 2. The quantitative estimate of drug-likeness (QED) is 0.303. The van der Waals surface area contributed by atoms with Crippen LogP contribution < -0.4 is 10.1 Å². The Labute approximate surface area is 234 Å². The molecule has 4 heterocycles. The Morgan fingerprint density at radius 2 is 1.83 bits per heavy atom. The van der Waals surface area contributed by atoms with Gasteiger partial charge < -0.3 is 15.2 Å². The zero-order chi connectivity index (χ0) is 28.7. The molecule has 0 radical (unpaired) electrons. The third-order valence-corrected chi connectivity index (χ3v) is 6.87. The molecule has 0 aliphatic carbocycles. The number of nitrogens with zero attached hydrogens (tertiary/aromatic N) is 7. The van der Waals surface area contributed by atoms with Gasteiger partial charge in [-0.2, -0.15) is 15.5 Å². The van der Waals surface area contributed by atoms with Crippen LogP contribution in [0.25, 0.3) is 33.7 Å². The molecule has 0 amide bonds. The van der Waals surface area contributed by atoms with Gasteiger partial charge in [0.2, 0.25) is 0 Å². The van der Waals surface area contributed by atoms with Crippen LogP contribution in [0.5, 0.6) is 11.8 Å². The number of phenolic OH excluding ortho intramolecular Hbond substituents is 1. The smallest absolute Gasteiger partial charge is 0.299 e. The second-order valence-corrected chi connectivity index (χ2v) is 10.3. The van der Waals surface area contributed by atoms with Gasteiger partial charge in [0.05, 0.1) is 22.7 Å². The number of rotatable bonds is 6. The zero-order valence-corrected chi connectivity index (χ0v) is 22.2. The van der Waals surface area contributed by atoms with E-state index in [0.29, 0.717) is 70.6 Å². The summed E-state index contributed by atoms with van der Waals surface area (Å²) in [5.74, 6) is 0.322. The fourth-order valence-electron chi connectivity index (χ4n) is 4.87. The first-order valence-electron chi connectivity index (χ1n) is 12.8. The lowest BCUT2D eigenvalue weighted by atomic mass is 9.99. The number of benzene rings is 2. The molecule has 5 aromatic rings. The molecule has 2 N–H and O–H groups in total. The Morgan fingerprint density at radius 1 is 1.02 bits per heavy atom. The molecule has 0 atom stereocenters. The van der Waals surface area contributed by atoms with Crippen molar-refractivity contribution in [3.8, 4) is 46.4 Å². The third-order valence-electron chi connectivity index (χ3n) is 6.87. The zero-order valence-electron chi connectivity index (χ0n) is 22.2. The van der Waals surface area contributed by atoms with Crippen molar-refractivity contribution >= 4 is 17.0 Å². The van der Waals surface area contributed by atoms with E-state index < -0.39 is 5.82 Å². The number of phenols is 1. The average Bonchev–Trinajstić information content (AvgIpc) is 3.50. The van der Waals surface area contributed by atoms with E-state index in [2.05, 4.69) is 21.4 Å². The molecule has 1 aliphatic rings. The summed E-state index contributed by atoms with van der Waals surface area (Å²) in [6.45, 7) is 4.99. The molecular weight excluding hydrogens is 523 g/mol. The molecule has 1 aliphatic heterocycles. The summed E-state index contributed by atoms with van der Waals surface area (Å²) in [6.07, 6.45) is 3.62. The lowest BCUT2D eigenvalue weighted by Gasteiger charge is -2.18. The van der Waals surface area contributed by atoms with E-state index in [0.717, 1.165) is 11.6 Å². The Balaban J connectivity index is 1.33. The van der Waals surface area contributed by atoms with Crippen molar-refractivity contribution in [3.05, 3.63) is 77.4 Å². The van der Waals surface area contributed by atoms with Gasteiger partial charge in [-0.15, -0.1) is 0 Å². The van der Waals surface area contributed by atoms with Crippen LogP contribution in [-0.4, -0.2) is 42.8 Å². The van der Waals surface area contributed by atoms with Crippen molar-refractivity contribution < 1.29 is 14.2 Å². The number of anilines is 1. The van der Waals surface area contributed by atoms with Gasteiger partial charge in [0.25, 0.3) is 6.01 Å². The van der Waals surface area contributed by atoms with Crippen molar-refractivity contribution in [1.29, 1.82) is 10.5 Å².